The van der Waals surface area contributed by atoms with Gasteiger partial charge in [-0.2, -0.15) is 0 Å². The number of methoxy groups -OCH3 is 1. The first-order chi connectivity index (χ1) is 13.5. The third-order valence-corrected chi connectivity index (χ3v) is 4.56. The van der Waals surface area contributed by atoms with Crippen molar-refractivity contribution >= 4 is 32.9 Å². The number of fused-ring (bicyclic) bond motifs is 1. The highest BCUT2D eigenvalue weighted by Gasteiger charge is 2.10. The molecule has 28 heavy (non-hydrogen) atoms. The first kappa shape index (κ1) is 19.9. The van der Waals surface area contributed by atoms with Crippen LogP contribution in [0.15, 0.2) is 50.7 Å². The quantitative estimate of drug-likeness (QED) is 0.381. The fourth-order valence-corrected chi connectivity index (χ4v) is 3.06. The van der Waals surface area contributed by atoms with Crippen molar-refractivity contribution in [2.75, 3.05) is 20.3 Å². The molecule has 0 fully saturated rings. The molecule has 3 aromatic rings. The summed E-state index contributed by atoms with van der Waals surface area (Å²) in [4.78, 5) is 18.8. The Kier molecular flexibility index (Phi) is 6.33. The lowest BCUT2D eigenvalue weighted by Gasteiger charge is -2.08. The van der Waals surface area contributed by atoms with Gasteiger partial charge >= 0.3 is 0 Å². The molecule has 0 bridgehead atoms. The van der Waals surface area contributed by atoms with Crippen LogP contribution in [0.4, 0.5) is 0 Å². The number of halogens is 1. The molecule has 146 valence electrons. The first-order valence-corrected chi connectivity index (χ1v) is 9.27. The van der Waals surface area contributed by atoms with Crippen molar-refractivity contribution in [3.05, 3.63) is 62.4 Å². The van der Waals surface area contributed by atoms with Crippen molar-refractivity contribution in [2.24, 2.45) is 4.99 Å². The molecule has 7 nitrogen and oxygen atoms in total. The van der Waals surface area contributed by atoms with Crippen LogP contribution in [0.3, 0.4) is 0 Å². The molecule has 3 N–H and O–H groups in total. The van der Waals surface area contributed by atoms with E-state index in [0.717, 1.165) is 10.0 Å². The zero-order chi connectivity index (χ0) is 20.1. The summed E-state index contributed by atoms with van der Waals surface area (Å²) in [5.74, 6) is 0.146. The summed E-state index contributed by atoms with van der Waals surface area (Å²) in [6.07, 6.45) is 1.50. The molecule has 0 radical (unpaired) electrons. The van der Waals surface area contributed by atoms with Crippen LogP contribution in [0.1, 0.15) is 11.1 Å². The summed E-state index contributed by atoms with van der Waals surface area (Å²) in [6, 6.07) is 10.2. The molecule has 2 aromatic carbocycles. The Bertz CT molecular complexity index is 1080. The molecule has 0 unspecified atom stereocenters. The third kappa shape index (κ3) is 4.52. The molecule has 3 rings (SSSR count). The van der Waals surface area contributed by atoms with Gasteiger partial charge in [0.25, 0.3) is 5.56 Å². The normalized spacial score (nSPS) is 11.4. The molecule has 0 spiro atoms. The fourth-order valence-electron chi connectivity index (χ4n) is 2.70. The van der Waals surface area contributed by atoms with Crippen LogP contribution in [0, 0.1) is 0 Å². The number of benzene rings is 2. The van der Waals surface area contributed by atoms with Gasteiger partial charge < -0.3 is 19.7 Å². The van der Waals surface area contributed by atoms with Crippen molar-refractivity contribution in [1.29, 1.82) is 0 Å². The lowest BCUT2D eigenvalue weighted by Crippen LogP contribution is -2.08. The second-order valence-electron chi connectivity index (χ2n) is 6.02. The number of phenolic OH excluding ortho intramolecular Hbond substituents is 1. The average Bonchev–Trinajstić information content (AvgIpc) is 2.66. The standard InChI is InChI=1S/C20H19BrN2O5/c1-27-6-7-28-18-5-2-12(8-17(18)24)10-22-11-16-15-9-13(21)3-4-14(15)19(25)23-20(16)26/h2-5,8-9,11,24H,6-7,10H2,1H3,(H2,23,25,26). The molecule has 1 aromatic heterocycles. The van der Waals surface area contributed by atoms with Crippen LogP contribution in [-0.2, 0) is 11.3 Å². The lowest BCUT2D eigenvalue weighted by atomic mass is 10.1. The number of aliphatic imine (C=N–C) groups is 1. The summed E-state index contributed by atoms with van der Waals surface area (Å²) >= 11 is 3.37. The van der Waals surface area contributed by atoms with Crippen molar-refractivity contribution in [2.45, 2.75) is 6.54 Å². The summed E-state index contributed by atoms with van der Waals surface area (Å²) in [7, 11) is 1.58. The number of hydrogen-bond donors (Lipinski definition) is 3. The first-order valence-electron chi connectivity index (χ1n) is 8.47. The third-order valence-electron chi connectivity index (χ3n) is 4.07. The number of hydrogen-bond acceptors (Lipinski definition) is 6. The number of aromatic amines is 1. The molecule has 0 aliphatic rings. The molecule has 1 heterocycles. The number of ether oxygens (including phenoxy) is 2. The van der Waals surface area contributed by atoms with Crippen LogP contribution < -0.4 is 10.3 Å². The van der Waals surface area contributed by atoms with Gasteiger partial charge in [-0.1, -0.05) is 22.0 Å². The van der Waals surface area contributed by atoms with Crippen LogP contribution in [0.2, 0.25) is 0 Å². The Morgan fingerprint density at radius 2 is 1.96 bits per heavy atom. The van der Waals surface area contributed by atoms with E-state index >= 15 is 0 Å². The highest BCUT2D eigenvalue weighted by molar-refractivity contribution is 9.10. The van der Waals surface area contributed by atoms with Gasteiger partial charge in [-0.3, -0.25) is 14.8 Å². The van der Waals surface area contributed by atoms with E-state index in [0.29, 0.717) is 35.3 Å². The molecule has 0 saturated carbocycles. The van der Waals surface area contributed by atoms with E-state index in [9.17, 15) is 15.0 Å². The number of aromatic hydroxyl groups is 2. The molecule has 0 aliphatic heterocycles. The minimum absolute atomic E-state index is 0.0186. The predicted octanol–water partition coefficient (Wildman–Crippen LogP) is 3.35. The van der Waals surface area contributed by atoms with Crippen LogP contribution >= 0.6 is 15.9 Å². The number of pyridine rings is 1. The van der Waals surface area contributed by atoms with Crippen molar-refractivity contribution in [3.63, 3.8) is 0 Å². The van der Waals surface area contributed by atoms with Gasteiger partial charge in [0.1, 0.15) is 6.61 Å². The Morgan fingerprint density at radius 1 is 1.14 bits per heavy atom. The van der Waals surface area contributed by atoms with Gasteiger partial charge in [0, 0.05) is 28.6 Å². The summed E-state index contributed by atoms with van der Waals surface area (Å²) in [6.45, 7) is 1.05. The summed E-state index contributed by atoms with van der Waals surface area (Å²) < 4.78 is 11.1. The smallest absolute Gasteiger partial charge is 0.258 e. The second-order valence-corrected chi connectivity index (χ2v) is 6.94. The number of aromatic nitrogens is 1. The van der Waals surface area contributed by atoms with Gasteiger partial charge in [0.05, 0.1) is 18.7 Å². The fraction of sp³-hybridized carbons (Fsp3) is 0.200. The van der Waals surface area contributed by atoms with Crippen molar-refractivity contribution in [3.8, 4) is 17.4 Å². The Balaban J connectivity index is 1.81. The van der Waals surface area contributed by atoms with E-state index in [2.05, 4.69) is 25.9 Å². The highest BCUT2D eigenvalue weighted by Crippen LogP contribution is 2.27. The van der Waals surface area contributed by atoms with Crippen LogP contribution in [-0.4, -0.2) is 41.7 Å². The van der Waals surface area contributed by atoms with E-state index in [1.54, 1.807) is 43.5 Å². The van der Waals surface area contributed by atoms with Crippen molar-refractivity contribution in [1.82, 2.24) is 4.98 Å². The maximum Gasteiger partial charge on any atom is 0.258 e. The number of rotatable bonds is 7. The molecule has 0 atom stereocenters. The highest BCUT2D eigenvalue weighted by atomic mass is 79.9. The number of nitrogens with zero attached hydrogens (tertiary/aromatic N) is 1. The number of nitrogens with one attached hydrogen (secondary N) is 1. The molecule has 0 aliphatic carbocycles. The van der Waals surface area contributed by atoms with Crippen LogP contribution in [0.25, 0.3) is 10.8 Å². The minimum Gasteiger partial charge on any atom is -0.504 e. The number of phenols is 1. The summed E-state index contributed by atoms with van der Waals surface area (Å²) in [5.41, 5.74) is 0.813. The van der Waals surface area contributed by atoms with E-state index in [-0.39, 0.29) is 23.7 Å². The minimum atomic E-state index is -0.369. The van der Waals surface area contributed by atoms with Gasteiger partial charge in [0.2, 0.25) is 5.88 Å². The molecule has 0 saturated heterocycles. The van der Waals surface area contributed by atoms with Gasteiger partial charge in [0.15, 0.2) is 11.5 Å². The topological polar surface area (TPSA) is 104 Å². The maximum absolute atomic E-state index is 12.0. The van der Waals surface area contributed by atoms with E-state index in [4.69, 9.17) is 9.47 Å². The van der Waals surface area contributed by atoms with E-state index in [1.807, 2.05) is 0 Å². The van der Waals surface area contributed by atoms with E-state index < -0.39 is 0 Å². The molecule has 0 amide bonds. The lowest BCUT2D eigenvalue weighted by molar-refractivity contribution is 0.144. The monoisotopic (exact) mass is 446 g/mol. The Labute approximate surface area is 169 Å². The zero-order valence-electron chi connectivity index (χ0n) is 15.1. The van der Waals surface area contributed by atoms with E-state index in [1.165, 1.54) is 6.21 Å². The van der Waals surface area contributed by atoms with Crippen molar-refractivity contribution < 1.29 is 19.7 Å². The SMILES string of the molecule is COCCOc1ccc(CN=Cc2c(O)[nH]c(=O)c3ccc(Br)cc23)cc1O. The Hall–Kier alpha value is -2.84. The summed E-state index contributed by atoms with van der Waals surface area (Å²) in [5, 5.41) is 21.2. The average molecular weight is 447 g/mol. The zero-order valence-corrected chi connectivity index (χ0v) is 16.7. The van der Waals surface area contributed by atoms with Gasteiger partial charge in [-0.15, -0.1) is 0 Å². The van der Waals surface area contributed by atoms with Gasteiger partial charge in [-0.05, 0) is 35.9 Å². The number of H-pyrrole nitrogens is 1. The molecule has 8 heteroatoms. The largest absolute Gasteiger partial charge is 0.504 e. The van der Waals surface area contributed by atoms with Crippen LogP contribution in [0.5, 0.6) is 17.4 Å². The Morgan fingerprint density at radius 3 is 2.71 bits per heavy atom. The predicted molar refractivity (Wildman–Crippen MR) is 111 cm³/mol. The van der Waals surface area contributed by atoms with Gasteiger partial charge in [-0.25, -0.2) is 0 Å². The molecular formula is C20H19BrN2O5. The second kappa shape index (κ2) is 8.90. The molecular weight excluding hydrogens is 428 g/mol. The maximum atomic E-state index is 12.0.